The van der Waals surface area contributed by atoms with Crippen molar-refractivity contribution in [1.82, 2.24) is 15.5 Å². The largest absolute Gasteiger partial charge is 0.411 e. The predicted octanol–water partition coefficient (Wildman–Crippen LogP) is 5.04. The fraction of sp³-hybridized carbons (Fsp3) is 0.318. The number of carbonyl (C=O) groups excluding carboxylic acids is 1. The number of thioether (sulfide) groups is 1. The minimum atomic E-state index is -0.431. The van der Waals surface area contributed by atoms with Crippen LogP contribution in [0.2, 0.25) is 0 Å². The Bertz CT molecular complexity index is 957. The Balaban J connectivity index is 1.60. The maximum absolute atomic E-state index is 13.8. The van der Waals surface area contributed by atoms with Crippen molar-refractivity contribution in [2.45, 2.75) is 38.5 Å². The molecule has 152 valence electrons. The number of amides is 1. The second-order valence-corrected chi connectivity index (χ2v) is 7.95. The van der Waals surface area contributed by atoms with E-state index in [0.717, 1.165) is 23.7 Å². The number of halogens is 1. The van der Waals surface area contributed by atoms with Crippen LogP contribution in [0.25, 0.3) is 11.5 Å². The van der Waals surface area contributed by atoms with Crippen LogP contribution in [0, 0.1) is 11.7 Å². The molecule has 0 saturated heterocycles. The van der Waals surface area contributed by atoms with E-state index in [1.807, 2.05) is 0 Å². The van der Waals surface area contributed by atoms with E-state index >= 15 is 0 Å². The second kappa shape index (κ2) is 9.69. The van der Waals surface area contributed by atoms with E-state index in [1.165, 1.54) is 11.6 Å². The van der Waals surface area contributed by atoms with Crippen molar-refractivity contribution in [3.8, 4) is 11.5 Å². The highest BCUT2D eigenvalue weighted by molar-refractivity contribution is 7.99. The number of aryl methyl sites for hydroxylation is 1. The molecule has 3 aromatic rings. The van der Waals surface area contributed by atoms with E-state index in [1.54, 1.807) is 18.2 Å². The Labute approximate surface area is 174 Å². The van der Waals surface area contributed by atoms with Crippen molar-refractivity contribution >= 4 is 17.7 Å². The summed E-state index contributed by atoms with van der Waals surface area (Å²) in [6.45, 7) is 6.26. The third-order valence-electron chi connectivity index (χ3n) is 4.57. The Hall–Kier alpha value is -2.67. The van der Waals surface area contributed by atoms with Crippen molar-refractivity contribution in [2.24, 2.45) is 5.92 Å². The Morgan fingerprint density at radius 3 is 2.52 bits per heavy atom. The van der Waals surface area contributed by atoms with E-state index in [9.17, 15) is 9.18 Å². The van der Waals surface area contributed by atoms with Gasteiger partial charge in [-0.3, -0.25) is 4.79 Å². The van der Waals surface area contributed by atoms with Gasteiger partial charge in [0.25, 0.3) is 11.1 Å². The molecule has 0 unspecified atom stereocenters. The quantitative estimate of drug-likeness (QED) is 0.524. The van der Waals surface area contributed by atoms with E-state index in [4.69, 9.17) is 4.42 Å². The molecule has 0 aliphatic rings. The monoisotopic (exact) mass is 413 g/mol. The van der Waals surface area contributed by atoms with Gasteiger partial charge in [0, 0.05) is 0 Å². The maximum Gasteiger partial charge on any atom is 0.277 e. The Morgan fingerprint density at radius 2 is 1.86 bits per heavy atom. The van der Waals surface area contributed by atoms with Gasteiger partial charge >= 0.3 is 0 Å². The standard InChI is InChI=1S/C22H24FN3O2S/c1-4-15-9-11-16(12-10-15)20(14(2)3)24-19(27)13-29-22-26-25-21(28-22)17-7-5-6-8-18(17)23/h5-12,14,20H,4,13H2,1-3H3,(H,24,27)/t20-/m1/s1. The van der Waals surface area contributed by atoms with Crippen LogP contribution >= 0.6 is 11.8 Å². The van der Waals surface area contributed by atoms with Crippen LogP contribution in [0.4, 0.5) is 4.39 Å². The van der Waals surface area contributed by atoms with Gasteiger partial charge in [0.05, 0.1) is 17.4 Å². The van der Waals surface area contributed by atoms with Crippen LogP contribution in [0.1, 0.15) is 37.9 Å². The van der Waals surface area contributed by atoms with Gasteiger partial charge in [0.2, 0.25) is 5.91 Å². The lowest BCUT2D eigenvalue weighted by Crippen LogP contribution is -2.33. The van der Waals surface area contributed by atoms with Crippen LogP contribution in [-0.4, -0.2) is 21.9 Å². The van der Waals surface area contributed by atoms with Crippen LogP contribution < -0.4 is 5.32 Å². The van der Waals surface area contributed by atoms with Crippen molar-refractivity contribution in [2.75, 3.05) is 5.75 Å². The molecule has 5 nitrogen and oxygen atoms in total. The first kappa shape index (κ1) is 21.0. The third-order valence-corrected chi connectivity index (χ3v) is 5.39. The Morgan fingerprint density at radius 1 is 1.14 bits per heavy atom. The minimum Gasteiger partial charge on any atom is -0.411 e. The number of carbonyl (C=O) groups is 1. The molecular weight excluding hydrogens is 389 g/mol. The van der Waals surface area contributed by atoms with Gasteiger partial charge in [-0.05, 0) is 35.6 Å². The molecule has 0 aliphatic heterocycles. The lowest BCUT2D eigenvalue weighted by molar-refractivity contribution is -0.119. The smallest absolute Gasteiger partial charge is 0.277 e. The molecule has 0 radical (unpaired) electrons. The van der Waals surface area contributed by atoms with Gasteiger partial charge < -0.3 is 9.73 Å². The number of aromatic nitrogens is 2. The molecule has 0 aliphatic carbocycles. The van der Waals surface area contributed by atoms with Crippen LogP contribution in [0.5, 0.6) is 0 Å². The van der Waals surface area contributed by atoms with Crippen LogP contribution in [0.15, 0.2) is 58.2 Å². The summed E-state index contributed by atoms with van der Waals surface area (Å²) in [6, 6.07) is 14.4. The second-order valence-electron chi connectivity index (χ2n) is 7.03. The first-order valence-corrected chi connectivity index (χ1v) is 10.6. The summed E-state index contributed by atoms with van der Waals surface area (Å²) in [5, 5.41) is 11.1. The number of rotatable bonds is 8. The SMILES string of the molecule is CCc1ccc([C@H](NC(=O)CSc2nnc(-c3ccccc3F)o2)C(C)C)cc1. The molecule has 2 aromatic carbocycles. The topological polar surface area (TPSA) is 68.0 Å². The van der Waals surface area contributed by atoms with Crippen molar-refractivity contribution in [1.29, 1.82) is 0 Å². The van der Waals surface area contributed by atoms with Crippen molar-refractivity contribution in [3.05, 3.63) is 65.5 Å². The average molecular weight is 414 g/mol. The molecule has 0 bridgehead atoms. The van der Waals surface area contributed by atoms with Gasteiger partial charge in [-0.15, -0.1) is 10.2 Å². The van der Waals surface area contributed by atoms with Gasteiger partial charge in [-0.2, -0.15) is 0 Å². The lowest BCUT2D eigenvalue weighted by Gasteiger charge is -2.23. The number of hydrogen-bond donors (Lipinski definition) is 1. The first-order chi connectivity index (χ1) is 14.0. The zero-order valence-electron chi connectivity index (χ0n) is 16.7. The molecule has 1 heterocycles. The summed E-state index contributed by atoms with van der Waals surface area (Å²) in [4.78, 5) is 12.5. The molecule has 0 fully saturated rings. The minimum absolute atomic E-state index is 0.0781. The third kappa shape index (κ3) is 5.44. The molecule has 29 heavy (non-hydrogen) atoms. The normalized spacial score (nSPS) is 12.2. The average Bonchev–Trinajstić information content (AvgIpc) is 3.19. The highest BCUT2D eigenvalue weighted by atomic mass is 32.2. The van der Waals surface area contributed by atoms with E-state index in [-0.39, 0.29) is 40.3 Å². The molecule has 3 rings (SSSR count). The van der Waals surface area contributed by atoms with E-state index in [2.05, 4.69) is 60.6 Å². The molecule has 1 aromatic heterocycles. The van der Waals surface area contributed by atoms with Crippen LogP contribution in [0.3, 0.4) is 0 Å². The lowest BCUT2D eigenvalue weighted by atomic mass is 9.95. The zero-order chi connectivity index (χ0) is 20.8. The summed E-state index contributed by atoms with van der Waals surface area (Å²) in [5.74, 6) is -0.0809. The number of benzene rings is 2. The Kier molecular flexibility index (Phi) is 7.04. The van der Waals surface area contributed by atoms with Gasteiger partial charge in [0.15, 0.2) is 0 Å². The summed E-state index contributed by atoms with van der Waals surface area (Å²) < 4.78 is 19.3. The molecular formula is C22H24FN3O2S. The zero-order valence-corrected chi connectivity index (χ0v) is 17.5. The van der Waals surface area contributed by atoms with Gasteiger partial charge in [-0.25, -0.2) is 4.39 Å². The van der Waals surface area contributed by atoms with Gasteiger partial charge in [-0.1, -0.05) is 68.9 Å². The summed E-state index contributed by atoms with van der Waals surface area (Å²) in [6.07, 6.45) is 0.981. The summed E-state index contributed by atoms with van der Waals surface area (Å²) >= 11 is 1.13. The summed E-state index contributed by atoms with van der Waals surface area (Å²) in [7, 11) is 0. The van der Waals surface area contributed by atoms with E-state index < -0.39 is 5.82 Å². The molecule has 1 N–H and O–H groups in total. The molecule has 1 amide bonds. The summed E-state index contributed by atoms with van der Waals surface area (Å²) in [5.41, 5.74) is 2.59. The molecule has 1 atom stereocenters. The molecule has 0 spiro atoms. The molecule has 0 saturated carbocycles. The highest BCUT2D eigenvalue weighted by Crippen LogP contribution is 2.26. The molecule has 7 heteroatoms. The van der Waals surface area contributed by atoms with Crippen molar-refractivity contribution in [3.63, 3.8) is 0 Å². The van der Waals surface area contributed by atoms with E-state index in [0.29, 0.717) is 0 Å². The maximum atomic E-state index is 13.8. The van der Waals surface area contributed by atoms with Gasteiger partial charge in [0.1, 0.15) is 5.82 Å². The predicted molar refractivity (Wildman–Crippen MR) is 112 cm³/mol. The van der Waals surface area contributed by atoms with Crippen molar-refractivity contribution < 1.29 is 13.6 Å². The highest BCUT2D eigenvalue weighted by Gasteiger charge is 2.19. The first-order valence-electron chi connectivity index (χ1n) is 9.57. The number of nitrogens with one attached hydrogen (secondary N) is 1. The van der Waals surface area contributed by atoms with Crippen LogP contribution in [-0.2, 0) is 11.2 Å². The number of nitrogens with zero attached hydrogens (tertiary/aromatic N) is 2. The number of hydrogen-bond acceptors (Lipinski definition) is 5. The fourth-order valence-corrected chi connectivity index (χ4v) is 3.52. The fourth-order valence-electron chi connectivity index (χ4n) is 2.95.